The van der Waals surface area contributed by atoms with Crippen molar-refractivity contribution in [3.8, 4) is 17.2 Å². The summed E-state index contributed by atoms with van der Waals surface area (Å²) in [6, 6.07) is 3.14. The summed E-state index contributed by atoms with van der Waals surface area (Å²) in [5.74, 6) is 0.442. The van der Waals surface area contributed by atoms with Gasteiger partial charge in [-0.1, -0.05) is 19.3 Å². The average molecular weight is 518 g/mol. The van der Waals surface area contributed by atoms with Crippen LogP contribution in [0.1, 0.15) is 83.1 Å². The van der Waals surface area contributed by atoms with E-state index in [9.17, 15) is 14.4 Å². The maximum absolute atomic E-state index is 14.4. The summed E-state index contributed by atoms with van der Waals surface area (Å²) < 4.78 is 16.7. The Labute approximate surface area is 220 Å². The first-order valence-corrected chi connectivity index (χ1v) is 13.3. The standard InChI is InChI=1S/C28H43N3O6/c1-28(2,17-23(29)32)30-26(33)20-13-9-10-14-31(20)27(34)24(18-11-7-6-8-12-18)19-15-21(35-3)25(37-5)22(16-19)36-4/h15-16,18,20,24H,6-14,17H2,1-5H3,(H2,29,32)(H,30,33)/t20?,24-/m0/s1. The van der Waals surface area contributed by atoms with Gasteiger partial charge in [-0.25, -0.2) is 0 Å². The van der Waals surface area contributed by atoms with E-state index in [-0.39, 0.29) is 24.2 Å². The van der Waals surface area contributed by atoms with E-state index < -0.39 is 23.4 Å². The number of nitrogens with zero attached hydrogens (tertiary/aromatic N) is 1. The Kier molecular flexibility index (Phi) is 9.68. The fourth-order valence-electron chi connectivity index (χ4n) is 5.91. The van der Waals surface area contributed by atoms with Gasteiger partial charge in [0.15, 0.2) is 11.5 Å². The lowest BCUT2D eigenvalue weighted by atomic mass is 9.75. The minimum atomic E-state index is -0.797. The largest absolute Gasteiger partial charge is 0.493 e. The van der Waals surface area contributed by atoms with E-state index >= 15 is 0 Å². The van der Waals surface area contributed by atoms with Crippen molar-refractivity contribution in [2.75, 3.05) is 27.9 Å². The van der Waals surface area contributed by atoms with Crippen molar-refractivity contribution in [2.24, 2.45) is 11.7 Å². The molecule has 1 heterocycles. The summed E-state index contributed by atoms with van der Waals surface area (Å²) in [6.45, 7) is 4.05. The predicted octanol–water partition coefficient (Wildman–Crippen LogP) is 3.53. The van der Waals surface area contributed by atoms with Gasteiger partial charge in [-0.15, -0.1) is 0 Å². The van der Waals surface area contributed by atoms with Gasteiger partial charge in [0.05, 0.1) is 27.2 Å². The zero-order valence-corrected chi connectivity index (χ0v) is 22.9. The third kappa shape index (κ3) is 6.87. The number of carbonyl (C=O) groups excluding carboxylic acids is 3. The molecule has 0 aromatic heterocycles. The number of carbonyl (C=O) groups is 3. The van der Waals surface area contributed by atoms with Gasteiger partial charge in [0.25, 0.3) is 0 Å². The molecule has 206 valence electrons. The Morgan fingerprint density at radius 1 is 0.973 bits per heavy atom. The molecule has 3 rings (SSSR count). The number of hydrogen-bond acceptors (Lipinski definition) is 6. The molecule has 1 saturated carbocycles. The van der Waals surface area contributed by atoms with E-state index in [1.54, 1.807) is 40.1 Å². The number of likely N-dealkylation sites (tertiary alicyclic amines) is 1. The van der Waals surface area contributed by atoms with Gasteiger partial charge in [-0.05, 0) is 69.6 Å². The summed E-state index contributed by atoms with van der Waals surface area (Å²) in [7, 11) is 4.69. The zero-order chi connectivity index (χ0) is 27.2. The smallest absolute Gasteiger partial charge is 0.243 e. The number of nitrogens with one attached hydrogen (secondary N) is 1. The molecule has 1 unspecified atom stereocenters. The van der Waals surface area contributed by atoms with Crippen LogP contribution >= 0.6 is 0 Å². The highest BCUT2D eigenvalue weighted by molar-refractivity contribution is 5.92. The van der Waals surface area contributed by atoms with Crippen LogP contribution in [0.25, 0.3) is 0 Å². The molecule has 3 N–H and O–H groups in total. The minimum Gasteiger partial charge on any atom is -0.493 e. The summed E-state index contributed by atoms with van der Waals surface area (Å²) in [6.07, 6.45) is 7.51. The lowest BCUT2D eigenvalue weighted by molar-refractivity contribution is -0.145. The van der Waals surface area contributed by atoms with Gasteiger partial charge >= 0.3 is 0 Å². The molecule has 1 saturated heterocycles. The lowest BCUT2D eigenvalue weighted by Crippen LogP contribution is -2.57. The third-order valence-corrected chi connectivity index (χ3v) is 7.60. The number of nitrogens with two attached hydrogens (primary N) is 1. The van der Waals surface area contributed by atoms with Crippen LogP contribution < -0.4 is 25.3 Å². The van der Waals surface area contributed by atoms with Gasteiger partial charge in [0.1, 0.15) is 6.04 Å². The molecule has 1 aromatic carbocycles. The van der Waals surface area contributed by atoms with E-state index in [1.807, 2.05) is 12.1 Å². The Morgan fingerprint density at radius 3 is 2.11 bits per heavy atom. The van der Waals surface area contributed by atoms with Crippen LogP contribution in [0, 0.1) is 5.92 Å². The first kappa shape index (κ1) is 28.6. The molecule has 3 amide bonds. The Bertz CT molecular complexity index is 948. The SMILES string of the molecule is COc1cc([C@@H](C(=O)N2CCCCC2C(=O)NC(C)(C)CC(N)=O)C2CCCCC2)cc(OC)c1OC. The Morgan fingerprint density at radius 2 is 1.57 bits per heavy atom. The Hall–Kier alpha value is -2.97. The monoisotopic (exact) mass is 517 g/mol. The molecule has 1 aliphatic carbocycles. The van der Waals surface area contributed by atoms with Gasteiger partial charge in [-0.3, -0.25) is 14.4 Å². The average Bonchev–Trinajstić information content (AvgIpc) is 2.87. The first-order chi connectivity index (χ1) is 17.6. The van der Waals surface area contributed by atoms with E-state index in [2.05, 4.69) is 5.32 Å². The maximum atomic E-state index is 14.4. The van der Waals surface area contributed by atoms with Crippen molar-refractivity contribution in [3.63, 3.8) is 0 Å². The van der Waals surface area contributed by atoms with E-state index in [1.165, 1.54) is 0 Å². The molecule has 9 nitrogen and oxygen atoms in total. The number of ether oxygens (including phenoxy) is 3. The van der Waals surface area contributed by atoms with Crippen LogP contribution in [0.4, 0.5) is 0 Å². The van der Waals surface area contributed by atoms with Crippen molar-refractivity contribution < 1.29 is 28.6 Å². The quantitative estimate of drug-likeness (QED) is 0.490. The summed E-state index contributed by atoms with van der Waals surface area (Å²) in [4.78, 5) is 41.0. The number of hydrogen-bond donors (Lipinski definition) is 2. The van der Waals surface area contributed by atoms with Crippen molar-refractivity contribution in [1.29, 1.82) is 0 Å². The lowest BCUT2D eigenvalue weighted by Gasteiger charge is -2.41. The molecule has 37 heavy (non-hydrogen) atoms. The minimum absolute atomic E-state index is 0.0234. The molecular formula is C28H43N3O6. The van der Waals surface area contributed by atoms with Gasteiger partial charge in [-0.2, -0.15) is 0 Å². The number of rotatable bonds is 10. The fourth-order valence-corrected chi connectivity index (χ4v) is 5.91. The van der Waals surface area contributed by atoms with Crippen LogP contribution in [0.5, 0.6) is 17.2 Å². The number of primary amides is 1. The molecule has 0 bridgehead atoms. The highest BCUT2D eigenvalue weighted by Gasteiger charge is 2.41. The summed E-state index contributed by atoms with van der Waals surface area (Å²) in [5, 5.41) is 2.96. The van der Waals surface area contributed by atoms with Crippen LogP contribution in [0.3, 0.4) is 0 Å². The highest BCUT2D eigenvalue weighted by atomic mass is 16.5. The van der Waals surface area contributed by atoms with Gasteiger partial charge in [0.2, 0.25) is 23.5 Å². The fraction of sp³-hybridized carbons (Fsp3) is 0.679. The number of methoxy groups -OCH3 is 3. The molecular weight excluding hydrogens is 474 g/mol. The Balaban J connectivity index is 1.98. The van der Waals surface area contributed by atoms with Gasteiger partial charge in [0, 0.05) is 18.5 Å². The first-order valence-electron chi connectivity index (χ1n) is 13.3. The van der Waals surface area contributed by atoms with Crippen LogP contribution in [-0.4, -0.2) is 62.1 Å². The van der Waals surface area contributed by atoms with Crippen LogP contribution in [0.15, 0.2) is 12.1 Å². The molecule has 2 aliphatic rings. The molecule has 0 spiro atoms. The second kappa shape index (κ2) is 12.5. The van der Waals surface area contributed by atoms with Crippen molar-refractivity contribution in [2.45, 2.75) is 89.1 Å². The molecule has 0 radical (unpaired) electrons. The van der Waals surface area contributed by atoms with E-state index in [4.69, 9.17) is 19.9 Å². The van der Waals surface area contributed by atoms with Crippen LogP contribution in [-0.2, 0) is 14.4 Å². The van der Waals surface area contributed by atoms with E-state index in [0.29, 0.717) is 30.2 Å². The second-order valence-corrected chi connectivity index (χ2v) is 10.9. The molecule has 2 fully saturated rings. The normalized spacial score (nSPS) is 19.6. The molecule has 1 aliphatic heterocycles. The summed E-state index contributed by atoms with van der Waals surface area (Å²) >= 11 is 0. The molecule has 9 heteroatoms. The topological polar surface area (TPSA) is 120 Å². The predicted molar refractivity (Wildman–Crippen MR) is 141 cm³/mol. The highest BCUT2D eigenvalue weighted by Crippen LogP contribution is 2.45. The van der Waals surface area contributed by atoms with Crippen LogP contribution in [0.2, 0.25) is 0 Å². The zero-order valence-electron chi connectivity index (χ0n) is 22.9. The number of benzene rings is 1. The van der Waals surface area contributed by atoms with Crippen molar-refractivity contribution in [1.82, 2.24) is 10.2 Å². The molecule has 1 aromatic rings. The third-order valence-electron chi connectivity index (χ3n) is 7.60. The summed E-state index contributed by atoms with van der Waals surface area (Å²) in [5.41, 5.74) is 5.39. The van der Waals surface area contributed by atoms with Crippen molar-refractivity contribution >= 4 is 17.7 Å². The number of amides is 3. The number of piperidine rings is 1. The maximum Gasteiger partial charge on any atom is 0.243 e. The van der Waals surface area contributed by atoms with Crippen molar-refractivity contribution in [3.05, 3.63) is 17.7 Å². The van der Waals surface area contributed by atoms with E-state index in [0.717, 1.165) is 50.5 Å². The van der Waals surface area contributed by atoms with Gasteiger partial charge < -0.3 is 30.2 Å². The second-order valence-electron chi connectivity index (χ2n) is 10.9. The molecule has 2 atom stereocenters.